The van der Waals surface area contributed by atoms with E-state index in [1.807, 2.05) is 12.3 Å². The van der Waals surface area contributed by atoms with Gasteiger partial charge in [-0.05, 0) is 67.3 Å². The molecule has 0 saturated heterocycles. The Morgan fingerprint density at radius 1 is 1.20 bits per heavy atom. The second-order valence-corrected chi connectivity index (χ2v) is 5.93. The summed E-state index contributed by atoms with van der Waals surface area (Å²) >= 11 is 0. The van der Waals surface area contributed by atoms with Gasteiger partial charge in [-0.1, -0.05) is 6.07 Å². The highest BCUT2D eigenvalue weighted by Gasteiger charge is 2.39. The van der Waals surface area contributed by atoms with Crippen molar-refractivity contribution in [1.29, 1.82) is 0 Å². The summed E-state index contributed by atoms with van der Waals surface area (Å²) < 4.78 is 13.3. The molecule has 1 aromatic carbocycles. The summed E-state index contributed by atoms with van der Waals surface area (Å²) in [5, 5.41) is 3.35. The average molecular weight is 268 g/mol. The van der Waals surface area contributed by atoms with Gasteiger partial charge in [0.2, 0.25) is 0 Å². The van der Waals surface area contributed by atoms with Gasteiger partial charge >= 0.3 is 0 Å². The van der Waals surface area contributed by atoms with Gasteiger partial charge in [-0.25, -0.2) is 4.39 Å². The molecule has 2 unspecified atom stereocenters. The van der Waals surface area contributed by atoms with Crippen LogP contribution in [0.5, 0.6) is 0 Å². The molecular formula is C17H17FN2. The normalized spacial score (nSPS) is 22.9. The lowest BCUT2D eigenvalue weighted by atomic mass is 9.90. The van der Waals surface area contributed by atoms with Gasteiger partial charge in [0.1, 0.15) is 5.82 Å². The van der Waals surface area contributed by atoms with Gasteiger partial charge in [0.25, 0.3) is 0 Å². The molecule has 102 valence electrons. The molecule has 1 fully saturated rings. The number of nitrogens with one attached hydrogen (secondary N) is 1. The van der Waals surface area contributed by atoms with E-state index in [9.17, 15) is 4.39 Å². The van der Waals surface area contributed by atoms with E-state index in [2.05, 4.69) is 17.2 Å². The van der Waals surface area contributed by atoms with E-state index >= 15 is 0 Å². The van der Waals surface area contributed by atoms with Crippen LogP contribution >= 0.6 is 0 Å². The highest BCUT2D eigenvalue weighted by molar-refractivity contribution is 5.67. The maximum atomic E-state index is 13.3. The number of hydrogen-bond donors (Lipinski definition) is 1. The third-order valence-electron chi connectivity index (χ3n) is 4.71. The van der Waals surface area contributed by atoms with Crippen LogP contribution in [0.15, 0.2) is 30.5 Å². The molecule has 2 aliphatic carbocycles. The second kappa shape index (κ2) is 4.30. The van der Waals surface area contributed by atoms with Crippen molar-refractivity contribution in [3.63, 3.8) is 0 Å². The maximum absolute atomic E-state index is 13.3. The Bertz CT molecular complexity index is 681. The number of halogens is 1. The van der Waals surface area contributed by atoms with E-state index in [1.165, 1.54) is 42.5 Å². The molecular weight excluding hydrogens is 251 g/mol. The molecule has 1 saturated carbocycles. The minimum Gasteiger partial charge on any atom is -0.354 e. The standard InChI is InChI=1S/C17H17FN2/c1-10-16-11-5-6-12(7-11)17(16)15(9-19-10)20-14-4-2-3-13(18)8-14/h2-4,8-9,11-12,20H,5-7H2,1H3. The lowest BCUT2D eigenvalue weighted by Crippen LogP contribution is -2.06. The maximum Gasteiger partial charge on any atom is 0.125 e. The molecule has 3 heteroatoms. The van der Waals surface area contributed by atoms with Gasteiger partial charge < -0.3 is 5.32 Å². The van der Waals surface area contributed by atoms with Crippen molar-refractivity contribution in [2.24, 2.45) is 0 Å². The molecule has 1 heterocycles. The second-order valence-electron chi connectivity index (χ2n) is 5.93. The first kappa shape index (κ1) is 11.9. The zero-order chi connectivity index (χ0) is 13.7. The number of hydrogen-bond acceptors (Lipinski definition) is 2. The molecule has 2 bridgehead atoms. The first-order valence-electron chi connectivity index (χ1n) is 7.24. The average Bonchev–Trinajstić information content (AvgIpc) is 3.03. The van der Waals surface area contributed by atoms with E-state index in [-0.39, 0.29) is 5.82 Å². The van der Waals surface area contributed by atoms with Crippen molar-refractivity contribution in [2.45, 2.75) is 38.0 Å². The summed E-state index contributed by atoms with van der Waals surface area (Å²) in [4.78, 5) is 4.53. The Kier molecular flexibility index (Phi) is 2.56. The summed E-state index contributed by atoms with van der Waals surface area (Å²) in [6.07, 6.45) is 5.74. The fraction of sp³-hybridized carbons (Fsp3) is 0.353. The van der Waals surface area contributed by atoms with Crippen LogP contribution in [0.2, 0.25) is 0 Å². The number of anilines is 2. The van der Waals surface area contributed by atoms with Crippen molar-refractivity contribution in [1.82, 2.24) is 4.98 Å². The SMILES string of the molecule is Cc1ncc(Nc2cccc(F)c2)c2c1C1CCC2C1. The smallest absolute Gasteiger partial charge is 0.125 e. The van der Waals surface area contributed by atoms with Crippen LogP contribution < -0.4 is 5.32 Å². The molecule has 2 aromatic rings. The number of aryl methyl sites for hydroxylation is 1. The summed E-state index contributed by atoms with van der Waals surface area (Å²) in [5.41, 5.74) is 5.89. The number of aromatic nitrogens is 1. The lowest BCUT2D eigenvalue weighted by Gasteiger charge is -2.21. The molecule has 4 rings (SSSR count). The Morgan fingerprint density at radius 3 is 2.80 bits per heavy atom. The largest absolute Gasteiger partial charge is 0.354 e. The minimum atomic E-state index is -0.215. The molecule has 0 aliphatic heterocycles. The summed E-state index contributed by atoms with van der Waals surface area (Å²) in [5.74, 6) is 1.14. The molecule has 0 radical (unpaired) electrons. The first-order chi connectivity index (χ1) is 9.72. The minimum absolute atomic E-state index is 0.215. The molecule has 20 heavy (non-hydrogen) atoms. The van der Waals surface area contributed by atoms with Crippen molar-refractivity contribution >= 4 is 11.4 Å². The Balaban J connectivity index is 1.77. The molecule has 2 atom stereocenters. The number of fused-ring (bicyclic) bond motifs is 5. The fourth-order valence-corrected chi connectivity index (χ4v) is 3.92. The summed E-state index contributed by atoms with van der Waals surface area (Å²) in [7, 11) is 0. The highest BCUT2D eigenvalue weighted by Crippen LogP contribution is 2.56. The third kappa shape index (κ3) is 1.73. The zero-order valence-corrected chi connectivity index (χ0v) is 11.5. The van der Waals surface area contributed by atoms with Crippen LogP contribution in [0.25, 0.3) is 0 Å². The van der Waals surface area contributed by atoms with Gasteiger partial charge in [-0.3, -0.25) is 4.98 Å². The number of pyridine rings is 1. The van der Waals surface area contributed by atoms with Crippen LogP contribution in [0, 0.1) is 12.7 Å². The summed E-state index contributed by atoms with van der Waals surface area (Å²) in [6, 6.07) is 6.61. The van der Waals surface area contributed by atoms with E-state index in [0.29, 0.717) is 11.8 Å². The van der Waals surface area contributed by atoms with E-state index < -0.39 is 0 Å². The first-order valence-corrected chi connectivity index (χ1v) is 7.24. The summed E-state index contributed by atoms with van der Waals surface area (Å²) in [6.45, 7) is 2.10. The van der Waals surface area contributed by atoms with Crippen molar-refractivity contribution in [2.75, 3.05) is 5.32 Å². The molecule has 0 spiro atoms. The van der Waals surface area contributed by atoms with Crippen LogP contribution in [0.1, 0.15) is 47.9 Å². The number of nitrogens with zero attached hydrogens (tertiary/aromatic N) is 1. The quantitative estimate of drug-likeness (QED) is 0.858. The van der Waals surface area contributed by atoms with Crippen molar-refractivity contribution in [3.05, 3.63) is 53.1 Å². The van der Waals surface area contributed by atoms with E-state index in [4.69, 9.17) is 0 Å². The Morgan fingerprint density at radius 2 is 2.00 bits per heavy atom. The Labute approximate surface area is 118 Å². The monoisotopic (exact) mass is 268 g/mol. The van der Waals surface area contributed by atoms with Gasteiger partial charge in [-0.15, -0.1) is 0 Å². The van der Waals surface area contributed by atoms with Crippen LogP contribution in [0.3, 0.4) is 0 Å². The van der Waals surface area contributed by atoms with Crippen LogP contribution in [-0.4, -0.2) is 4.98 Å². The fourth-order valence-electron chi connectivity index (χ4n) is 3.92. The predicted molar refractivity (Wildman–Crippen MR) is 78.0 cm³/mol. The topological polar surface area (TPSA) is 24.9 Å². The molecule has 1 N–H and O–H groups in total. The zero-order valence-electron chi connectivity index (χ0n) is 11.5. The van der Waals surface area contributed by atoms with Gasteiger partial charge in [-0.2, -0.15) is 0 Å². The van der Waals surface area contributed by atoms with E-state index in [0.717, 1.165) is 17.1 Å². The lowest BCUT2D eigenvalue weighted by molar-refractivity contribution is 0.628. The van der Waals surface area contributed by atoms with E-state index in [1.54, 1.807) is 6.07 Å². The third-order valence-corrected chi connectivity index (χ3v) is 4.71. The van der Waals surface area contributed by atoms with Crippen molar-refractivity contribution < 1.29 is 4.39 Å². The number of benzene rings is 1. The van der Waals surface area contributed by atoms with Gasteiger partial charge in [0.05, 0.1) is 11.9 Å². The molecule has 2 nitrogen and oxygen atoms in total. The Hall–Kier alpha value is -1.90. The molecule has 0 amide bonds. The molecule has 1 aromatic heterocycles. The van der Waals surface area contributed by atoms with Crippen LogP contribution in [-0.2, 0) is 0 Å². The predicted octanol–water partition coefficient (Wildman–Crippen LogP) is 4.64. The highest BCUT2D eigenvalue weighted by atomic mass is 19.1. The van der Waals surface area contributed by atoms with Gasteiger partial charge in [0.15, 0.2) is 0 Å². The van der Waals surface area contributed by atoms with Crippen molar-refractivity contribution in [3.8, 4) is 0 Å². The molecule has 2 aliphatic rings. The number of rotatable bonds is 2. The van der Waals surface area contributed by atoms with Crippen LogP contribution in [0.4, 0.5) is 15.8 Å². The van der Waals surface area contributed by atoms with Gasteiger partial charge in [0, 0.05) is 11.4 Å².